The molecule has 1 aliphatic rings. The zero-order valence-corrected chi connectivity index (χ0v) is 13.0. The van der Waals surface area contributed by atoms with Crippen molar-refractivity contribution in [1.82, 2.24) is 4.98 Å². The van der Waals surface area contributed by atoms with Gasteiger partial charge in [-0.05, 0) is 30.7 Å². The molecule has 0 spiro atoms. The van der Waals surface area contributed by atoms with Crippen molar-refractivity contribution in [2.75, 3.05) is 0 Å². The Labute approximate surface area is 130 Å². The van der Waals surface area contributed by atoms with Gasteiger partial charge in [-0.1, -0.05) is 0 Å². The Bertz CT molecular complexity index is 633. The van der Waals surface area contributed by atoms with E-state index in [1.54, 1.807) is 11.3 Å². The topological polar surface area (TPSA) is 56.3 Å². The molecule has 1 unspecified atom stereocenters. The molecule has 2 aromatic heterocycles. The van der Waals surface area contributed by atoms with E-state index in [0.29, 0.717) is 18.5 Å². The molecular formula is C15H15NO3S2. The second-order valence-corrected chi connectivity index (χ2v) is 6.66. The van der Waals surface area contributed by atoms with Gasteiger partial charge in [-0.3, -0.25) is 9.59 Å². The molecule has 4 nitrogen and oxygen atoms in total. The number of aromatic nitrogens is 1. The lowest BCUT2D eigenvalue weighted by molar-refractivity contribution is -0.156. The lowest BCUT2D eigenvalue weighted by atomic mass is 9.96. The highest BCUT2D eigenvalue weighted by molar-refractivity contribution is 7.14. The lowest BCUT2D eigenvalue weighted by Gasteiger charge is -2.20. The monoisotopic (exact) mass is 321 g/mol. The van der Waals surface area contributed by atoms with E-state index in [1.165, 1.54) is 11.3 Å². The predicted molar refractivity (Wildman–Crippen MR) is 82.5 cm³/mol. The number of Topliss-reactive ketones (excluding diaryl/α,β-unsaturated/α-hetero) is 1. The molecule has 0 bridgehead atoms. The minimum absolute atomic E-state index is 0.0480. The zero-order valence-electron chi connectivity index (χ0n) is 11.4. The molecule has 0 amide bonds. The smallest absolute Gasteiger partial charge is 0.312 e. The summed E-state index contributed by atoms with van der Waals surface area (Å²) in [6, 6.07) is 2.01. The van der Waals surface area contributed by atoms with Crippen LogP contribution in [0.25, 0.3) is 10.6 Å². The summed E-state index contributed by atoms with van der Waals surface area (Å²) in [5.41, 5.74) is 1.78. The molecule has 1 atom stereocenters. The summed E-state index contributed by atoms with van der Waals surface area (Å²) in [6.45, 7) is 0. The lowest BCUT2D eigenvalue weighted by Crippen LogP contribution is -2.30. The first kappa shape index (κ1) is 14.4. The molecule has 0 saturated heterocycles. The highest BCUT2D eigenvalue weighted by Crippen LogP contribution is 2.26. The van der Waals surface area contributed by atoms with E-state index in [-0.39, 0.29) is 18.2 Å². The van der Waals surface area contributed by atoms with Crippen LogP contribution in [-0.2, 0) is 20.7 Å². The fourth-order valence-electron chi connectivity index (χ4n) is 2.33. The number of esters is 1. The van der Waals surface area contributed by atoms with Gasteiger partial charge in [-0.15, -0.1) is 11.3 Å². The fourth-order valence-corrected chi connectivity index (χ4v) is 3.86. The van der Waals surface area contributed by atoms with Crippen molar-refractivity contribution in [2.24, 2.45) is 0 Å². The number of carbonyl (C=O) groups excluding carboxylic acids is 2. The van der Waals surface area contributed by atoms with Gasteiger partial charge in [-0.2, -0.15) is 11.3 Å². The maximum Gasteiger partial charge on any atom is 0.312 e. The Balaban J connectivity index is 1.59. The van der Waals surface area contributed by atoms with Gasteiger partial charge >= 0.3 is 5.97 Å². The highest BCUT2D eigenvalue weighted by Gasteiger charge is 2.26. The van der Waals surface area contributed by atoms with Crippen molar-refractivity contribution in [3.05, 3.63) is 27.9 Å². The summed E-state index contributed by atoms with van der Waals surface area (Å²) in [6.07, 6.45) is 2.62. The minimum atomic E-state index is -0.541. The van der Waals surface area contributed by atoms with Crippen molar-refractivity contribution in [3.63, 3.8) is 0 Å². The molecule has 0 aliphatic heterocycles. The van der Waals surface area contributed by atoms with Crippen molar-refractivity contribution >= 4 is 34.4 Å². The molecule has 2 heterocycles. The van der Waals surface area contributed by atoms with E-state index < -0.39 is 6.10 Å². The largest absolute Gasteiger partial charge is 0.454 e. The van der Waals surface area contributed by atoms with E-state index in [2.05, 4.69) is 4.98 Å². The average Bonchev–Trinajstić information content (AvgIpc) is 3.12. The van der Waals surface area contributed by atoms with Gasteiger partial charge in [0.25, 0.3) is 0 Å². The molecule has 1 saturated carbocycles. The second-order valence-electron chi connectivity index (χ2n) is 5.02. The molecule has 1 aliphatic carbocycles. The molecule has 110 valence electrons. The Hall–Kier alpha value is -1.53. The average molecular weight is 321 g/mol. The first-order valence-electron chi connectivity index (χ1n) is 6.91. The summed E-state index contributed by atoms with van der Waals surface area (Å²) < 4.78 is 5.29. The third kappa shape index (κ3) is 3.57. The van der Waals surface area contributed by atoms with Crippen molar-refractivity contribution in [1.29, 1.82) is 0 Å². The molecule has 3 rings (SSSR count). The number of thiazole rings is 1. The highest BCUT2D eigenvalue weighted by atomic mass is 32.1. The first-order chi connectivity index (χ1) is 10.2. The van der Waals surface area contributed by atoms with Gasteiger partial charge in [-0.25, -0.2) is 4.98 Å². The standard InChI is InChI=1S/C15H15NO3S2/c17-12-3-1-2-4-13(12)19-14(18)7-11-9-21-15(16-11)10-5-6-20-8-10/h5-6,8-9,13H,1-4,7H2. The second kappa shape index (κ2) is 6.49. The van der Waals surface area contributed by atoms with Gasteiger partial charge in [0.1, 0.15) is 5.01 Å². The Kier molecular flexibility index (Phi) is 4.45. The Morgan fingerprint density at radius 1 is 1.38 bits per heavy atom. The van der Waals surface area contributed by atoms with Gasteiger partial charge < -0.3 is 4.74 Å². The molecule has 0 N–H and O–H groups in total. The van der Waals surface area contributed by atoms with Gasteiger partial charge in [0.05, 0.1) is 12.1 Å². The Morgan fingerprint density at radius 3 is 3.05 bits per heavy atom. The fraction of sp³-hybridized carbons (Fsp3) is 0.400. The van der Waals surface area contributed by atoms with Crippen LogP contribution in [0.15, 0.2) is 22.2 Å². The molecule has 6 heteroatoms. The van der Waals surface area contributed by atoms with Crippen LogP contribution >= 0.6 is 22.7 Å². The SMILES string of the molecule is O=C(Cc1csc(-c2ccsc2)n1)OC1CCCCC1=O. The predicted octanol–water partition coefficient (Wildman–Crippen LogP) is 3.47. The van der Waals surface area contributed by atoms with Crippen LogP contribution in [0.3, 0.4) is 0 Å². The van der Waals surface area contributed by atoms with Gasteiger partial charge in [0, 0.05) is 22.7 Å². The van der Waals surface area contributed by atoms with Gasteiger partial charge in [0.15, 0.2) is 11.9 Å². The zero-order chi connectivity index (χ0) is 14.7. The van der Waals surface area contributed by atoms with Crippen molar-refractivity contribution in [2.45, 2.75) is 38.2 Å². The number of carbonyl (C=O) groups is 2. The Morgan fingerprint density at radius 2 is 2.29 bits per heavy atom. The summed E-state index contributed by atoms with van der Waals surface area (Å²) >= 11 is 3.14. The molecule has 2 aromatic rings. The molecule has 21 heavy (non-hydrogen) atoms. The third-order valence-corrected chi connectivity index (χ3v) is 5.04. The minimum Gasteiger partial charge on any atom is -0.454 e. The van der Waals surface area contributed by atoms with E-state index in [1.807, 2.05) is 22.2 Å². The van der Waals surface area contributed by atoms with Crippen LogP contribution in [0.5, 0.6) is 0 Å². The van der Waals surface area contributed by atoms with Crippen LogP contribution in [-0.4, -0.2) is 22.8 Å². The number of nitrogens with zero attached hydrogens (tertiary/aromatic N) is 1. The van der Waals surface area contributed by atoms with Crippen LogP contribution < -0.4 is 0 Å². The summed E-state index contributed by atoms with van der Waals surface area (Å²) in [4.78, 5) is 28.0. The number of rotatable bonds is 4. The summed E-state index contributed by atoms with van der Waals surface area (Å²) in [5, 5.41) is 6.81. The van der Waals surface area contributed by atoms with E-state index in [9.17, 15) is 9.59 Å². The first-order valence-corrected chi connectivity index (χ1v) is 8.74. The van der Waals surface area contributed by atoms with Crippen LogP contribution in [0.2, 0.25) is 0 Å². The van der Waals surface area contributed by atoms with E-state index >= 15 is 0 Å². The van der Waals surface area contributed by atoms with Crippen LogP contribution in [0, 0.1) is 0 Å². The summed E-state index contributed by atoms with van der Waals surface area (Å²) in [5.74, 6) is -0.316. The van der Waals surface area contributed by atoms with Crippen molar-refractivity contribution in [3.8, 4) is 10.6 Å². The third-order valence-electron chi connectivity index (χ3n) is 3.42. The molecular weight excluding hydrogens is 306 g/mol. The molecule has 0 radical (unpaired) electrons. The number of ketones is 1. The van der Waals surface area contributed by atoms with Gasteiger partial charge in [0.2, 0.25) is 0 Å². The molecule has 0 aromatic carbocycles. The number of thiophene rings is 1. The maximum absolute atomic E-state index is 11.9. The normalized spacial score (nSPS) is 18.7. The van der Waals surface area contributed by atoms with Crippen LogP contribution in [0.4, 0.5) is 0 Å². The van der Waals surface area contributed by atoms with E-state index in [0.717, 1.165) is 23.4 Å². The molecule has 1 fully saturated rings. The van der Waals surface area contributed by atoms with Crippen LogP contribution in [0.1, 0.15) is 31.4 Å². The number of ether oxygens (including phenoxy) is 1. The summed E-state index contributed by atoms with van der Waals surface area (Å²) in [7, 11) is 0. The number of hydrogen-bond donors (Lipinski definition) is 0. The number of hydrogen-bond acceptors (Lipinski definition) is 6. The van der Waals surface area contributed by atoms with Crippen molar-refractivity contribution < 1.29 is 14.3 Å². The van der Waals surface area contributed by atoms with E-state index in [4.69, 9.17) is 4.74 Å². The quantitative estimate of drug-likeness (QED) is 0.809. The maximum atomic E-state index is 11.9.